The van der Waals surface area contributed by atoms with Gasteiger partial charge in [-0.15, -0.1) is 0 Å². The molecule has 0 aliphatic carbocycles. The lowest BCUT2D eigenvalue weighted by molar-refractivity contribution is 0.103. The van der Waals surface area contributed by atoms with Crippen molar-refractivity contribution in [2.75, 3.05) is 0 Å². The van der Waals surface area contributed by atoms with Gasteiger partial charge in [0.2, 0.25) is 0 Å². The zero-order chi connectivity index (χ0) is 13.8. The highest BCUT2D eigenvalue weighted by Gasteiger charge is 2.20. The number of rotatable bonds is 4. The molecule has 0 radical (unpaired) electrons. The number of hydrogen-bond acceptors (Lipinski definition) is 2. The molecule has 0 aliphatic rings. The molecule has 2 aromatic rings. The summed E-state index contributed by atoms with van der Waals surface area (Å²) in [6, 6.07) is 6.42. The van der Waals surface area contributed by atoms with Gasteiger partial charge in [0.25, 0.3) is 0 Å². The van der Waals surface area contributed by atoms with Crippen molar-refractivity contribution < 1.29 is 9.18 Å². The second-order valence-corrected chi connectivity index (χ2v) is 4.62. The van der Waals surface area contributed by atoms with Gasteiger partial charge in [-0.25, -0.2) is 4.39 Å². The number of benzene rings is 1. The van der Waals surface area contributed by atoms with Crippen molar-refractivity contribution in [1.29, 1.82) is 0 Å². The average molecular weight is 278 g/mol. The van der Waals surface area contributed by atoms with Gasteiger partial charge in [0, 0.05) is 18.0 Å². The molecule has 1 heterocycles. The standard InChI is InChI=1S/C15H13ClFNO/c1-2-4-10-6-7-12(16)13(14(10)17)15(19)11-5-3-8-18-9-11/h3,5-9H,2,4H2,1H3. The van der Waals surface area contributed by atoms with Crippen LogP contribution in [0.5, 0.6) is 0 Å². The zero-order valence-electron chi connectivity index (χ0n) is 10.5. The Morgan fingerprint density at radius 1 is 1.37 bits per heavy atom. The van der Waals surface area contributed by atoms with E-state index in [1.807, 2.05) is 6.92 Å². The Balaban J connectivity index is 2.50. The summed E-state index contributed by atoms with van der Waals surface area (Å²) < 4.78 is 14.3. The van der Waals surface area contributed by atoms with Crippen molar-refractivity contribution in [2.45, 2.75) is 19.8 Å². The number of halogens is 2. The number of aryl methyl sites for hydroxylation is 1. The van der Waals surface area contributed by atoms with Gasteiger partial charge < -0.3 is 0 Å². The number of carbonyl (C=O) groups is 1. The van der Waals surface area contributed by atoms with E-state index in [1.54, 1.807) is 30.5 Å². The van der Waals surface area contributed by atoms with Crippen molar-refractivity contribution in [3.63, 3.8) is 0 Å². The smallest absolute Gasteiger partial charge is 0.199 e. The third-order valence-corrected chi connectivity index (χ3v) is 3.16. The first-order valence-corrected chi connectivity index (χ1v) is 6.44. The largest absolute Gasteiger partial charge is 0.288 e. The molecule has 1 aromatic heterocycles. The summed E-state index contributed by atoms with van der Waals surface area (Å²) in [6.45, 7) is 1.96. The molecule has 0 saturated carbocycles. The first-order chi connectivity index (χ1) is 9.15. The minimum absolute atomic E-state index is 0.0689. The lowest BCUT2D eigenvalue weighted by Crippen LogP contribution is -2.08. The molecule has 0 amide bonds. The summed E-state index contributed by atoms with van der Waals surface area (Å²) >= 11 is 5.97. The van der Waals surface area contributed by atoms with Crippen LogP contribution in [0.3, 0.4) is 0 Å². The quantitative estimate of drug-likeness (QED) is 0.789. The van der Waals surface area contributed by atoms with Gasteiger partial charge in [-0.2, -0.15) is 0 Å². The maximum absolute atomic E-state index is 14.3. The molecule has 0 fully saturated rings. The van der Waals surface area contributed by atoms with Gasteiger partial charge in [0.15, 0.2) is 5.78 Å². The van der Waals surface area contributed by atoms with Crippen molar-refractivity contribution in [3.8, 4) is 0 Å². The normalized spacial score (nSPS) is 10.5. The van der Waals surface area contributed by atoms with Crippen molar-refractivity contribution in [1.82, 2.24) is 4.98 Å². The van der Waals surface area contributed by atoms with Crippen LogP contribution in [-0.2, 0) is 6.42 Å². The minimum Gasteiger partial charge on any atom is -0.288 e. The van der Waals surface area contributed by atoms with Crippen LogP contribution in [0.25, 0.3) is 0 Å². The minimum atomic E-state index is -0.525. The predicted octanol–water partition coefficient (Wildman–Crippen LogP) is 4.06. The van der Waals surface area contributed by atoms with Crippen molar-refractivity contribution in [3.05, 3.63) is 64.2 Å². The van der Waals surface area contributed by atoms with Gasteiger partial charge >= 0.3 is 0 Å². The Labute approximate surface area is 116 Å². The summed E-state index contributed by atoms with van der Waals surface area (Å²) in [6.07, 6.45) is 4.35. The molecule has 4 heteroatoms. The summed E-state index contributed by atoms with van der Waals surface area (Å²) in [7, 11) is 0. The van der Waals surface area contributed by atoms with E-state index < -0.39 is 11.6 Å². The SMILES string of the molecule is CCCc1ccc(Cl)c(C(=O)c2cccnc2)c1F. The maximum atomic E-state index is 14.3. The van der Waals surface area contributed by atoms with Crippen LogP contribution in [0, 0.1) is 5.82 Å². The second-order valence-electron chi connectivity index (χ2n) is 4.22. The molecule has 98 valence electrons. The predicted molar refractivity (Wildman–Crippen MR) is 73.1 cm³/mol. The van der Waals surface area contributed by atoms with Crippen LogP contribution in [0.4, 0.5) is 4.39 Å². The Bertz CT molecular complexity index is 599. The highest BCUT2D eigenvalue weighted by molar-refractivity contribution is 6.35. The van der Waals surface area contributed by atoms with Crippen LogP contribution in [0.2, 0.25) is 5.02 Å². The Morgan fingerprint density at radius 3 is 2.79 bits per heavy atom. The van der Waals surface area contributed by atoms with E-state index in [0.717, 1.165) is 6.42 Å². The van der Waals surface area contributed by atoms with Crippen molar-refractivity contribution >= 4 is 17.4 Å². The Hall–Kier alpha value is -1.74. The molecular formula is C15H13ClFNO. The molecule has 0 unspecified atom stereocenters. The number of hydrogen-bond donors (Lipinski definition) is 0. The summed E-state index contributed by atoms with van der Waals surface area (Å²) in [5.41, 5.74) is 0.775. The van der Waals surface area contributed by atoms with Crippen LogP contribution < -0.4 is 0 Å². The molecule has 0 spiro atoms. The third-order valence-electron chi connectivity index (χ3n) is 2.84. The Kier molecular flexibility index (Phi) is 4.27. The van der Waals surface area contributed by atoms with E-state index >= 15 is 0 Å². The van der Waals surface area contributed by atoms with E-state index in [-0.39, 0.29) is 10.6 Å². The van der Waals surface area contributed by atoms with Gasteiger partial charge in [0.1, 0.15) is 5.82 Å². The molecule has 19 heavy (non-hydrogen) atoms. The van der Waals surface area contributed by atoms with E-state index in [4.69, 9.17) is 11.6 Å². The summed E-state index contributed by atoms with van der Waals surface area (Å²) in [5, 5.41) is 0.131. The van der Waals surface area contributed by atoms with Crippen LogP contribution >= 0.6 is 11.6 Å². The second kappa shape index (κ2) is 5.93. The molecule has 2 rings (SSSR count). The van der Waals surface area contributed by atoms with E-state index in [0.29, 0.717) is 17.5 Å². The summed E-state index contributed by atoms with van der Waals surface area (Å²) in [5.74, 6) is -0.961. The summed E-state index contributed by atoms with van der Waals surface area (Å²) in [4.78, 5) is 16.1. The maximum Gasteiger partial charge on any atom is 0.199 e. The fraction of sp³-hybridized carbons (Fsp3) is 0.200. The highest BCUT2D eigenvalue weighted by Crippen LogP contribution is 2.25. The molecular weight excluding hydrogens is 265 g/mol. The number of ketones is 1. The first-order valence-electron chi connectivity index (χ1n) is 6.06. The van der Waals surface area contributed by atoms with Gasteiger partial charge in [-0.3, -0.25) is 9.78 Å². The highest BCUT2D eigenvalue weighted by atomic mass is 35.5. The van der Waals surface area contributed by atoms with Crippen LogP contribution in [0.1, 0.15) is 34.8 Å². The lowest BCUT2D eigenvalue weighted by atomic mass is 9.99. The van der Waals surface area contributed by atoms with Crippen LogP contribution in [-0.4, -0.2) is 10.8 Å². The van der Waals surface area contributed by atoms with Gasteiger partial charge in [0.05, 0.1) is 10.6 Å². The fourth-order valence-electron chi connectivity index (χ4n) is 1.91. The zero-order valence-corrected chi connectivity index (χ0v) is 11.2. The molecule has 0 atom stereocenters. The third kappa shape index (κ3) is 2.82. The van der Waals surface area contributed by atoms with E-state index in [9.17, 15) is 9.18 Å². The molecule has 0 N–H and O–H groups in total. The number of nitrogens with zero attached hydrogens (tertiary/aromatic N) is 1. The molecule has 0 saturated heterocycles. The van der Waals surface area contributed by atoms with Gasteiger partial charge in [-0.05, 0) is 30.2 Å². The number of carbonyl (C=O) groups excluding carboxylic acids is 1. The van der Waals surface area contributed by atoms with Crippen molar-refractivity contribution in [2.24, 2.45) is 0 Å². The van der Waals surface area contributed by atoms with E-state index in [2.05, 4.69) is 4.98 Å². The lowest BCUT2D eigenvalue weighted by Gasteiger charge is -2.09. The monoisotopic (exact) mass is 277 g/mol. The number of aromatic nitrogens is 1. The molecule has 0 bridgehead atoms. The average Bonchev–Trinajstić information content (AvgIpc) is 2.43. The molecule has 0 aliphatic heterocycles. The molecule has 1 aromatic carbocycles. The number of pyridine rings is 1. The Morgan fingerprint density at radius 2 is 2.16 bits per heavy atom. The molecule has 2 nitrogen and oxygen atoms in total. The topological polar surface area (TPSA) is 30.0 Å². The van der Waals surface area contributed by atoms with Crippen LogP contribution in [0.15, 0.2) is 36.7 Å². The fourth-order valence-corrected chi connectivity index (χ4v) is 2.14. The van der Waals surface area contributed by atoms with E-state index in [1.165, 1.54) is 6.20 Å². The van der Waals surface area contributed by atoms with Gasteiger partial charge in [-0.1, -0.05) is 31.0 Å². The first kappa shape index (κ1) is 13.7.